The van der Waals surface area contributed by atoms with Crippen molar-refractivity contribution in [2.75, 3.05) is 39.6 Å². The maximum atomic E-state index is 6.05. The molecule has 10 heteroatoms. The molecular formula is C22H36N2O6Si2. The first-order valence-electron chi connectivity index (χ1n) is 11.3. The smallest absolute Gasteiger partial charge is 0.370 e. The van der Waals surface area contributed by atoms with Crippen LogP contribution in [0.1, 0.15) is 41.5 Å². The minimum atomic E-state index is -3.07. The van der Waals surface area contributed by atoms with Gasteiger partial charge < -0.3 is 26.6 Å². The number of hydrogen-bond acceptors (Lipinski definition) is 8. The number of hydrogen-bond donors (Lipinski definition) is 0. The van der Waals surface area contributed by atoms with Crippen molar-refractivity contribution in [2.45, 2.75) is 41.5 Å². The summed E-state index contributed by atoms with van der Waals surface area (Å²) >= 11 is 0. The Morgan fingerprint density at radius 1 is 0.500 bits per heavy atom. The predicted molar refractivity (Wildman–Crippen MR) is 128 cm³/mol. The summed E-state index contributed by atoms with van der Waals surface area (Å²) in [6.07, 6.45) is 7.10. The van der Waals surface area contributed by atoms with Crippen molar-refractivity contribution < 1.29 is 26.6 Å². The molecule has 2 heterocycles. The minimum Gasteiger partial charge on any atom is -0.370 e. The quantitative estimate of drug-likeness (QED) is 0.360. The molecule has 2 rings (SSSR count). The lowest BCUT2D eigenvalue weighted by molar-refractivity contribution is 0.0850. The molecule has 0 aromatic carbocycles. The summed E-state index contributed by atoms with van der Waals surface area (Å²) in [5, 5.41) is 1.63. The first-order chi connectivity index (χ1) is 15.5. The molecule has 0 saturated heterocycles. The molecule has 2 aromatic heterocycles. The van der Waals surface area contributed by atoms with E-state index >= 15 is 0 Å². The van der Waals surface area contributed by atoms with Crippen LogP contribution < -0.4 is 10.4 Å². The summed E-state index contributed by atoms with van der Waals surface area (Å²) < 4.78 is 36.3. The third kappa shape index (κ3) is 6.30. The van der Waals surface area contributed by atoms with Crippen molar-refractivity contribution in [2.24, 2.45) is 0 Å². The zero-order valence-corrected chi connectivity index (χ0v) is 22.1. The highest BCUT2D eigenvalue weighted by Crippen LogP contribution is 2.20. The molecule has 8 nitrogen and oxygen atoms in total. The van der Waals surface area contributed by atoms with Gasteiger partial charge >= 0.3 is 17.6 Å². The van der Waals surface area contributed by atoms with Crippen LogP contribution in [0.2, 0.25) is 0 Å². The van der Waals surface area contributed by atoms with Gasteiger partial charge in [0.2, 0.25) is 0 Å². The van der Waals surface area contributed by atoms with Gasteiger partial charge in [-0.05, 0) is 53.7 Å². The molecule has 0 radical (unpaired) electrons. The third-order valence-corrected chi connectivity index (χ3v) is 10.5. The average Bonchev–Trinajstić information content (AvgIpc) is 2.80. The van der Waals surface area contributed by atoms with E-state index in [1.54, 1.807) is 24.8 Å². The van der Waals surface area contributed by atoms with E-state index in [0.717, 1.165) is 21.5 Å². The number of rotatable bonds is 15. The van der Waals surface area contributed by atoms with Crippen LogP contribution in [0.3, 0.4) is 0 Å². The molecule has 32 heavy (non-hydrogen) atoms. The summed E-state index contributed by atoms with van der Waals surface area (Å²) in [5.41, 5.74) is 1.75. The standard InChI is InChI=1S/C22H36N2O6Si2/c1-7-25-31(26-8-2,27-9-3)21-13-19(15-23-17-21)20-14-22(18-24-16-20)32(28-10-4,29-11-5)30-12-6/h13-18H,7-12H2,1-6H3. The van der Waals surface area contributed by atoms with E-state index in [9.17, 15) is 0 Å². The zero-order valence-electron chi connectivity index (χ0n) is 20.1. The van der Waals surface area contributed by atoms with Gasteiger partial charge in [0.15, 0.2) is 0 Å². The van der Waals surface area contributed by atoms with Gasteiger partial charge in [-0.1, -0.05) is 0 Å². The minimum absolute atomic E-state index is 0.485. The largest absolute Gasteiger partial charge is 0.538 e. The second-order valence-corrected chi connectivity index (χ2v) is 11.7. The second kappa shape index (κ2) is 13.3. The molecule has 0 bridgehead atoms. The van der Waals surface area contributed by atoms with Crippen molar-refractivity contribution in [3.05, 3.63) is 36.9 Å². The number of aromatic nitrogens is 2. The predicted octanol–water partition coefficient (Wildman–Crippen LogP) is 2.65. The SMILES string of the molecule is CCO[Si](OCC)(OCC)c1cncc(-c2cncc([Si](OCC)(OCC)OCC)c2)c1. The molecule has 0 spiro atoms. The Balaban J connectivity index is 2.53. The molecule has 178 valence electrons. The van der Waals surface area contributed by atoms with Crippen LogP contribution in [0, 0.1) is 0 Å². The lowest BCUT2D eigenvalue weighted by Gasteiger charge is -2.29. The molecule has 2 aromatic rings. The van der Waals surface area contributed by atoms with Crippen LogP contribution in [0.25, 0.3) is 11.1 Å². The molecule has 0 saturated carbocycles. The third-order valence-electron chi connectivity index (χ3n) is 4.52. The lowest BCUT2D eigenvalue weighted by Crippen LogP contribution is -2.57. The van der Waals surface area contributed by atoms with E-state index in [1.165, 1.54) is 0 Å². The molecule has 0 atom stereocenters. The molecule has 0 amide bonds. The van der Waals surface area contributed by atoms with E-state index in [2.05, 4.69) is 9.97 Å². The van der Waals surface area contributed by atoms with Crippen LogP contribution in [-0.4, -0.2) is 67.2 Å². The van der Waals surface area contributed by atoms with Crippen LogP contribution in [0.4, 0.5) is 0 Å². The molecule has 0 fully saturated rings. The van der Waals surface area contributed by atoms with E-state index < -0.39 is 17.6 Å². The van der Waals surface area contributed by atoms with Crippen molar-refractivity contribution in [1.29, 1.82) is 0 Å². The highest BCUT2D eigenvalue weighted by molar-refractivity contribution is 6.76. The maximum Gasteiger partial charge on any atom is 0.538 e. The Bertz CT molecular complexity index is 725. The zero-order chi connectivity index (χ0) is 23.5. The molecule has 0 aliphatic heterocycles. The maximum absolute atomic E-state index is 6.05. The van der Waals surface area contributed by atoms with Gasteiger partial charge in [-0.2, -0.15) is 0 Å². The summed E-state index contributed by atoms with van der Waals surface area (Å²) in [4.78, 5) is 8.92. The highest BCUT2D eigenvalue weighted by atomic mass is 28.4. The van der Waals surface area contributed by atoms with E-state index in [0.29, 0.717) is 39.6 Å². The van der Waals surface area contributed by atoms with Crippen molar-refractivity contribution in [3.8, 4) is 11.1 Å². The normalized spacial score (nSPS) is 12.3. The fraction of sp³-hybridized carbons (Fsp3) is 0.545. The van der Waals surface area contributed by atoms with Crippen LogP contribution in [-0.2, 0) is 26.6 Å². The second-order valence-electron chi connectivity index (χ2n) is 6.64. The fourth-order valence-corrected chi connectivity index (χ4v) is 8.33. The summed E-state index contributed by atoms with van der Waals surface area (Å²) in [6, 6.07) is 4.01. The van der Waals surface area contributed by atoms with Crippen molar-refractivity contribution >= 4 is 28.0 Å². The van der Waals surface area contributed by atoms with Crippen molar-refractivity contribution in [3.63, 3.8) is 0 Å². The Kier molecular flexibility index (Phi) is 11.1. The summed E-state index contributed by atoms with van der Waals surface area (Å²) in [7, 11) is -6.14. The number of pyridine rings is 2. The van der Waals surface area contributed by atoms with E-state index in [1.807, 2.05) is 53.7 Å². The van der Waals surface area contributed by atoms with Gasteiger partial charge in [-0.3, -0.25) is 9.97 Å². The first-order valence-corrected chi connectivity index (χ1v) is 14.7. The first kappa shape index (κ1) is 26.7. The van der Waals surface area contributed by atoms with Gasteiger partial charge in [-0.15, -0.1) is 0 Å². The molecular weight excluding hydrogens is 444 g/mol. The molecule has 0 aliphatic carbocycles. The monoisotopic (exact) mass is 480 g/mol. The van der Waals surface area contributed by atoms with E-state index in [4.69, 9.17) is 26.6 Å². The average molecular weight is 481 g/mol. The van der Waals surface area contributed by atoms with E-state index in [-0.39, 0.29) is 0 Å². The Labute approximate surface area is 193 Å². The Morgan fingerprint density at radius 3 is 1.03 bits per heavy atom. The van der Waals surface area contributed by atoms with Crippen LogP contribution in [0.5, 0.6) is 0 Å². The summed E-state index contributed by atoms with van der Waals surface area (Å²) in [6.45, 7) is 14.5. The lowest BCUT2D eigenvalue weighted by atomic mass is 10.1. The molecule has 0 aliphatic rings. The molecule has 0 unspecified atom stereocenters. The van der Waals surface area contributed by atoms with Gasteiger partial charge in [0.1, 0.15) is 0 Å². The highest BCUT2D eigenvalue weighted by Gasteiger charge is 2.45. The summed E-state index contributed by atoms with van der Waals surface area (Å²) in [5.74, 6) is 0. The Morgan fingerprint density at radius 2 is 0.781 bits per heavy atom. The number of nitrogens with zero attached hydrogens (tertiary/aromatic N) is 2. The van der Waals surface area contributed by atoms with Gasteiger partial charge in [-0.25, -0.2) is 0 Å². The van der Waals surface area contributed by atoms with Gasteiger partial charge in [0, 0.05) is 85.9 Å². The van der Waals surface area contributed by atoms with Gasteiger partial charge in [0.05, 0.1) is 0 Å². The fourth-order valence-electron chi connectivity index (χ4n) is 3.42. The topological polar surface area (TPSA) is 81.2 Å². The van der Waals surface area contributed by atoms with Crippen LogP contribution >= 0.6 is 0 Å². The van der Waals surface area contributed by atoms with Crippen LogP contribution in [0.15, 0.2) is 36.9 Å². The Hall–Kier alpha value is -1.51. The molecule has 0 N–H and O–H groups in total. The van der Waals surface area contributed by atoms with Crippen molar-refractivity contribution in [1.82, 2.24) is 9.97 Å². The van der Waals surface area contributed by atoms with Gasteiger partial charge in [0.25, 0.3) is 0 Å².